The van der Waals surface area contributed by atoms with E-state index >= 15 is 0 Å². The Hall–Kier alpha value is -1.25. The summed E-state index contributed by atoms with van der Waals surface area (Å²) in [7, 11) is 0. The van der Waals surface area contributed by atoms with Gasteiger partial charge in [-0.05, 0) is 13.8 Å². The lowest BCUT2D eigenvalue weighted by atomic mass is 10.2. The second-order valence-electron chi connectivity index (χ2n) is 1.69. The van der Waals surface area contributed by atoms with Gasteiger partial charge in [0.25, 0.3) is 0 Å². The topological polar surface area (TPSA) is 53.3 Å². The van der Waals surface area contributed by atoms with Crippen molar-refractivity contribution in [2.75, 3.05) is 0 Å². The van der Waals surface area contributed by atoms with Gasteiger partial charge < -0.3 is 5.41 Å². The number of nitrogens with one attached hydrogen (secondary N) is 1. The average molecular weight is 138 g/mol. The molecule has 0 radical (unpaired) electrons. The van der Waals surface area contributed by atoms with E-state index in [0.717, 1.165) is 6.21 Å². The molecule has 0 unspecified atom stereocenters. The molecule has 0 amide bonds. The van der Waals surface area contributed by atoms with Crippen molar-refractivity contribution in [3.05, 3.63) is 11.8 Å². The predicted octanol–water partition coefficient (Wildman–Crippen LogP) is 1.20. The van der Waals surface area contributed by atoms with Gasteiger partial charge >= 0.3 is 0 Å². The summed E-state index contributed by atoms with van der Waals surface area (Å²) in [6.45, 7) is 3.15. The number of hydrogen-bond donors (Lipinski definition) is 1. The fraction of sp³-hybridized carbons (Fsp3) is 0.286. The molecule has 1 N–H and O–H groups in total. The molecule has 0 saturated heterocycles. The van der Waals surface area contributed by atoms with Crippen LogP contribution in [0.3, 0.4) is 0 Å². The molecule has 0 aromatic rings. The minimum Gasteiger partial charge on any atom is -0.308 e. The molecule has 0 aromatic carbocycles. The van der Waals surface area contributed by atoms with Crippen LogP contribution in [0.4, 0.5) is 0 Å². The summed E-state index contributed by atoms with van der Waals surface area (Å²) in [5.41, 5.74) is 0.318. The van der Waals surface area contributed by atoms with Gasteiger partial charge in [-0.15, -0.1) is 0 Å². The van der Waals surface area contributed by atoms with Crippen molar-refractivity contribution in [3.63, 3.8) is 0 Å². The van der Waals surface area contributed by atoms with E-state index in [1.54, 1.807) is 13.1 Å². The van der Waals surface area contributed by atoms with Gasteiger partial charge in [-0.3, -0.25) is 9.79 Å². The third kappa shape index (κ3) is 2.91. The first-order valence-corrected chi connectivity index (χ1v) is 2.91. The first-order chi connectivity index (χ1) is 4.72. The van der Waals surface area contributed by atoms with Gasteiger partial charge in [0.1, 0.15) is 0 Å². The molecule has 3 heteroatoms. The van der Waals surface area contributed by atoms with Crippen molar-refractivity contribution in [1.82, 2.24) is 0 Å². The van der Waals surface area contributed by atoms with E-state index in [9.17, 15) is 4.79 Å². The molecule has 0 fully saturated rings. The highest BCUT2D eigenvalue weighted by Gasteiger charge is 1.96. The highest BCUT2D eigenvalue weighted by atomic mass is 16.1. The summed E-state index contributed by atoms with van der Waals surface area (Å²) in [5, 5.41) is 6.78. The highest BCUT2D eigenvalue weighted by Crippen LogP contribution is 1.90. The lowest BCUT2D eigenvalue weighted by Crippen LogP contribution is -1.95. The van der Waals surface area contributed by atoms with Crippen LogP contribution < -0.4 is 0 Å². The Morgan fingerprint density at radius 3 is 2.50 bits per heavy atom. The number of carbonyl (C=O) groups is 1. The van der Waals surface area contributed by atoms with Gasteiger partial charge in [0, 0.05) is 18.6 Å². The van der Waals surface area contributed by atoms with Gasteiger partial charge in [0.05, 0.1) is 5.57 Å². The van der Waals surface area contributed by atoms with E-state index in [1.807, 2.05) is 0 Å². The molecule has 10 heavy (non-hydrogen) atoms. The van der Waals surface area contributed by atoms with Crippen LogP contribution in [-0.4, -0.2) is 18.2 Å². The summed E-state index contributed by atoms with van der Waals surface area (Å²) in [6, 6.07) is 0. The zero-order valence-corrected chi connectivity index (χ0v) is 6.09. The van der Waals surface area contributed by atoms with Crippen LogP contribution in [0, 0.1) is 5.41 Å². The fourth-order valence-electron chi connectivity index (χ4n) is 0.385. The van der Waals surface area contributed by atoms with Crippen molar-refractivity contribution in [2.24, 2.45) is 4.99 Å². The van der Waals surface area contributed by atoms with Gasteiger partial charge in [0.15, 0.2) is 5.78 Å². The minimum atomic E-state index is -0.138. The molecule has 0 aromatic heterocycles. The molecule has 0 spiro atoms. The maximum atomic E-state index is 10.6. The van der Waals surface area contributed by atoms with Crippen LogP contribution in [0.5, 0.6) is 0 Å². The first-order valence-electron chi connectivity index (χ1n) is 2.91. The van der Waals surface area contributed by atoms with E-state index in [4.69, 9.17) is 5.41 Å². The molecular formula is C7H10N2O. The number of nitrogens with zero attached hydrogens (tertiary/aromatic N) is 1. The molecule has 0 heterocycles. The molecule has 3 nitrogen and oxygen atoms in total. The van der Waals surface area contributed by atoms with Crippen LogP contribution >= 0.6 is 0 Å². The van der Waals surface area contributed by atoms with Gasteiger partial charge in [-0.25, -0.2) is 0 Å². The summed E-state index contributed by atoms with van der Waals surface area (Å²) in [5.74, 6) is -0.138. The van der Waals surface area contributed by atoms with Crippen molar-refractivity contribution >= 4 is 18.2 Å². The van der Waals surface area contributed by atoms with E-state index in [-0.39, 0.29) is 5.78 Å². The van der Waals surface area contributed by atoms with Crippen LogP contribution in [0.25, 0.3) is 0 Å². The zero-order valence-electron chi connectivity index (χ0n) is 6.09. The smallest absolute Gasteiger partial charge is 0.162 e. The monoisotopic (exact) mass is 138 g/mol. The maximum Gasteiger partial charge on any atom is 0.162 e. The Balaban J connectivity index is 4.33. The maximum absolute atomic E-state index is 10.6. The zero-order chi connectivity index (χ0) is 7.98. The molecule has 0 aliphatic carbocycles. The molecule has 0 rings (SSSR count). The van der Waals surface area contributed by atoms with E-state index in [2.05, 4.69) is 4.99 Å². The molecule has 0 atom stereocenters. The average Bonchev–Trinajstić information content (AvgIpc) is 1.89. The van der Waals surface area contributed by atoms with Crippen LogP contribution in [0.2, 0.25) is 0 Å². The third-order valence-electron chi connectivity index (χ3n) is 0.925. The SMILES string of the molecule is C/C=N\C=C(/C=N)C(C)=O. The summed E-state index contributed by atoms with van der Waals surface area (Å²) in [4.78, 5) is 14.3. The van der Waals surface area contributed by atoms with Gasteiger partial charge in [-0.1, -0.05) is 0 Å². The van der Waals surface area contributed by atoms with E-state index < -0.39 is 0 Å². The molecule has 0 bridgehead atoms. The number of hydrogen-bond acceptors (Lipinski definition) is 3. The molecule has 0 aliphatic heterocycles. The van der Waals surface area contributed by atoms with Gasteiger partial charge in [0.2, 0.25) is 0 Å². The second kappa shape index (κ2) is 4.61. The van der Waals surface area contributed by atoms with E-state index in [0.29, 0.717) is 5.57 Å². The van der Waals surface area contributed by atoms with Crippen LogP contribution in [0.1, 0.15) is 13.8 Å². The first kappa shape index (κ1) is 8.75. The summed E-state index contributed by atoms with van der Waals surface area (Å²) < 4.78 is 0. The second-order valence-corrected chi connectivity index (χ2v) is 1.69. The number of allylic oxidation sites excluding steroid dienone is 1. The number of ketones is 1. The van der Waals surface area contributed by atoms with Crippen LogP contribution in [0.15, 0.2) is 16.8 Å². The van der Waals surface area contributed by atoms with Crippen molar-refractivity contribution in [3.8, 4) is 0 Å². The Kier molecular flexibility index (Phi) is 4.04. The lowest BCUT2D eigenvalue weighted by molar-refractivity contribution is -0.113. The van der Waals surface area contributed by atoms with E-state index in [1.165, 1.54) is 13.1 Å². The van der Waals surface area contributed by atoms with Crippen LogP contribution in [-0.2, 0) is 4.79 Å². The molecular weight excluding hydrogens is 128 g/mol. The van der Waals surface area contributed by atoms with Crippen molar-refractivity contribution in [1.29, 1.82) is 5.41 Å². The number of Topliss-reactive ketones (excluding diaryl/α,β-unsaturated/α-hetero) is 1. The predicted molar refractivity (Wildman–Crippen MR) is 41.7 cm³/mol. The lowest BCUT2D eigenvalue weighted by Gasteiger charge is -1.87. The quantitative estimate of drug-likeness (QED) is 0.462. The summed E-state index contributed by atoms with van der Waals surface area (Å²) in [6.07, 6.45) is 3.93. The normalized spacial score (nSPS) is 12.0. The third-order valence-corrected chi connectivity index (χ3v) is 0.925. The fourth-order valence-corrected chi connectivity index (χ4v) is 0.385. The Bertz CT molecular complexity index is 192. The number of aliphatic imine (C=N–C) groups is 1. The van der Waals surface area contributed by atoms with Gasteiger partial charge in [-0.2, -0.15) is 0 Å². The number of rotatable bonds is 3. The Labute approximate surface area is 60.0 Å². The number of carbonyl (C=O) groups excluding carboxylic acids is 1. The van der Waals surface area contributed by atoms with Crippen molar-refractivity contribution < 1.29 is 4.79 Å². The Morgan fingerprint density at radius 1 is 1.60 bits per heavy atom. The molecule has 0 aliphatic rings. The van der Waals surface area contributed by atoms with Crippen molar-refractivity contribution in [2.45, 2.75) is 13.8 Å². The Morgan fingerprint density at radius 2 is 2.20 bits per heavy atom. The summed E-state index contributed by atoms with van der Waals surface area (Å²) >= 11 is 0. The molecule has 0 saturated carbocycles. The largest absolute Gasteiger partial charge is 0.308 e. The standard InChI is InChI=1S/C7H10N2O/c1-3-9-5-7(4-8)6(2)10/h3-5,8H,1-2H3/b7-5+,8-4?,9-3-. The minimum absolute atomic E-state index is 0.138. The molecule has 54 valence electrons. The highest BCUT2D eigenvalue weighted by molar-refractivity contribution is 6.11.